The first-order chi connectivity index (χ1) is 14.0. The summed E-state index contributed by atoms with van der Waals surface area (Å²) in [5, 5.41) is 20.0. The van der Waals surface area contributed by atoms with Crippen molar-refractivity contribution in [3.8, 4) is 0 Å². The van der Waals surface area contributed by atoms with Gasteiger partial charge in [-0.1, -0.05) is 48.0 Å². The molecule has 6 nitrogen and oxygen atoms in total. The second-order valence-corrected chi connectivity index (χ2v) is 7.88. The van der Waals surface area contributed by atoms with E-state index in [1.807, 2.05) is 63.2 Å². The van der Waals surface area contributed by atoms with Crippen LogP contribution in [0.4, 0.5) is 0 Å². The van der Waals surface area contributed by atoms with Gasteiger partial charge in [-0.05, 0) is 31.9 Å². The standard InChI is InChI=1S/C23H28O6/c1-13-4-7-16(8-5-13)22-26-12-19-21(29-22)20(18(25)11-24)28-23(27-19)17-9-6-14(2)15(3)10-17/h4-10,18-25H,11-12H2,1-3H3. The van der Waals surface area contributed by atoms with Crippen molar-refractivity contribution < 1.29 is 29.2 Å². The lowest BCUT2D eigenvalue weighted by atomic mass is 9.99. The van der Waals surface area contributed by atoms with Crippen LogP contribution >= 0.6 is 0 Å². The zero-order chi connectivity index (χ0) is 20.5. The fourth-order valence-corrected chi connectivity index (χ4v) is 3.74. The fraction of sp³-hybridized carbons (Fsp3) is 0.478. The normalized spacial score (nSPS) is 30.6. The van der Waals surface area contributed by atoms with Gasteiger partial charge in [-0.2, -0.15) is 0 Å². The van der Waals surface area contributed by atoms with Gasteiger partial charge in [-0.3, -0.25) is 0 Å². The third-order valence-corrected chi connectivity index (χ3v) is 5.68. The van der Waals surface area contributed by atoms with Crippen LogP contribution < -0.4 is 0 Å². The molecule has 6 heteroatoms. The number of aryl methyl sites for hydroxylation is 3. The molecule has 2 N–H and O–H groups in total. The largest absolute Gasteiger partial charge is 0.394 e. The SMILES string of the molecule is Cc1ccc(C2OCC3OC(c4ccc(C)c(C)c4)OC(C(O)CO)C3O2)cc1. The van der Waals surface area contributed by atoms with Gasteiger partial charge in [0, 0.05) is 11.1 Å². The minimum atomic E-state index is -1.09. The summed E-state index contributed by atoms with van der Waals surface area (Å²) in [6.45, 7) is 5.98. The maximum atomic E-state index is 10.4. The molecule has 29 heavy (non-hydrogen) atoms. The molecule has 2 heterocycles. The smallest absolute Gasteiger partial charge is 0.184 e. The third-order valence-electron chi connectivity index (χ3n) is 5.68. The molecule has 2 aromatic rings. The molecule has 0 amide bonds. The summed E-state index contributed by atoms with van der Waals surface area (Å²) in [6.07, 6.45) is -4.02. The van der Waals surface area contributed by atoms with E-state index in [-0.39, 0.29) is 0 Å². The third kappa shape index (κ3) is 4.23. The molecule has 2 aromatic carbocycles. The predicted molar refractivity (Wildman–Crippen MR) is 106 cm³/mol. The zero-order valence-corrected chi connectivity index (χ0v) is 16.9. The molecule has 0 aliphatic carbocycles. The van der Waals surface area contributed by atoms with Crippen LogP contribution in [0.3, 0.4) is 0 Å². The topological polar surface area (TPSA) is 77.4 Å². The van der Waals surface area contributed by atoms with E-state index < -0.39 is 43.6 Å². The van der Waals surface area contributed by atoms with Crippen molar-refractivity contribution in [3.63, 3.8) is 0 Å². The number of hydrogen-bond donors (Lipinski definition) is 2. The van der Waals surface area contributed by atoms with E-state index in [0.29, 0.717) is 6.61 Å². The Morgan fingerprint density at radius 3 is 2.31 bits per heavy atom. The van der Waals surface area contributed by atoms with Gasteiger partial charge in [0.1, 0.15) is 24.4 Å². The molecule has 2 aliphatic rings. The Labute approximate surface area is 171 Å². The summed E-state index contributed by atoms with van der Waals surface area (Å²) in [4.78, 5) is 0. The van der Waals surface area contributed by atoms with Crippen molar-refractivity contribution in [2.45, 2.75) is 57.8 Å². The fourth-order valence-electron chi connectivity index (χ4n) is 3.74. The van der Waals surface area contributed by atoms with Gasteiger partial charge in [0.2, 0.25) is 0 Å². The number of benzene rings is 2. The van der Waals surface area contributed by atoms with Crippen LogP contribution in [0, 0.1) is 20.8 Å². The highest BCUT2D eigenvalue weighted by molar-refractivity contribution is 5.31. The van der Waals surface area contributed by atoms with Crippen LogP contribution in [0.5, 0.6) is 0 Å². The molecule has 0 aromatic heterocycles. The van der Waals surface area contributed by atoms with Crippen molar-refractivity contribution in [2.24, 2.45) is 0 Å². The minimum absolute atomic E-state index is 0.308. The molecule has 6 atom stereocenters. The van der Waals surface area contributed by atoms with Crippen molar-refractivity contribution in [3.05, 3.63) is 70.3 Å². The number of ether oxygens (including phenoxy) is 4. The van der Waals surface area contributed by atoms with Crippen LogP contribution in [0.1, 0.15) is 40.4 Å². The zero-order valence-electron chi connectivity index (χ0n) is 16.9. The summed E-state index contributed by atoms with van der Waals surface area (Å²) in [5.41, 5.74) is 5.22. The average molecular weight is 400 g/mol. The molecule has 0 saturated carbocycles. The highest BCUT2D eigenvalue weighted by Crippen LogP contribution is 2.39. The highest BCUT2D eigenvalue weighted by Gasteiger charge is 2.48. The molecular formula is C23H28O6. The van der Waals surface area contributed by atoms with Gasteiger partial charge in [0.25, 0.3) is 0 Å². The summed E-state index contributed by atoms with van der Waals surface area (Å²) < 4.78 is 24.3. The van der Waals surface area contributed by atoms with E-state index in [2.05, 4.69) is 0 Å². The lowest BCUT2D eigenvalue weighted by molar-refractivity contribution is -0.373. The van der Waals surface area contributed by atoms with Crippen LogP contribution in [0.15, 0.2) is 42.5 Å². The summed E-state index contributed by atoms with van der Waals surface area (Å²) in [5.74, 6) is 0. The van der Waals surface area contributed by atoms with Gasteiger partial charge < -0.3 is 29.2 Å². The molecule has 0 spiro atoms. The summed E-state index contributed by atoms with van der Waals surface area (Å²) >= 11 is 0. The minimum Gasteiger partial charge on any atom is -0.394 e. The molecule has 0 radical (unpaired) electrons. The molecular weight excluding hydrogens is 372 g/mol. The predicted octanol–water partition coefficient (Wildman–Crippen LogP) is 2.86. The first-order valence-electron chi connectivity index (χ1n) is 9.97. The molecule has 2 aliphatic heterocycles. The van der Waals surface area contributed by atoms with E-state index in [9.17, 15) is 10.2 Å². The number of aliphatic hydroxyl groups excluding tert-OH is 2. The van der Waals surface area contributed by atoms with Crippen LogP contribution in [-0.2, 0) is 18.9 Å². The monoisotopic (exact) mass is 400 g/mol. The second-order valence-electron chi connectivity index (χ2n) is 7.88. The molecule has 6 unspecified atom stereocenters. The highest BCUT2D eigenvalue weighted by atomic mass is 16.8. The number of rotatable bonds is 4. The Morgan fingerprint density at radius 1 is 0.897 bits per heavy atom. The van der Waals surface area contributed by atoms with Crippen molar-refractivity contribution in [1.29, 1.82) is 0 Å². The van der Waals surface area contributed by atoms with Gasteiger partial charge in [0.15, 0.2) is 12.6 Å². The Kier molecular flexibility index (Phi) is 6.01. The molecule has 2 fully saturated rings. The van der Waals surface area contributed by atoms with Crippen LogP contribution in [-0.4, -0.2) is 47.8 Å². The molecule has 156 valence electrons. The maximum absolute atomic E-state index is 10.4. The average Bonchev–Trinajstić information content (AvgIpc) is 2.74. The Balaban J connectivity index is 1.56. The van der Waals surface area contributed by atoms with E-state index >= 15 is 0 Å². The maximum Gasteiger partial charge on any atom is 0.184 e. The van der Waals surface area contributed by atoms with Crippen molar-refractivity contribution in [1.82, 2.24) is 0 Å². The molecule has 2 saturated heterocycles. The van der Waals surface area contributed by atoms with E-state index in [1.54, 1.807) is 0 Å². The van der Waals surface area contributed by atoms with Gasteiger partial charge in [-0.15, -0.1) is 0 Å². The Morgan fingerprint density at radius 2 is 1.62 bits per heavy atom. The second kappa shape index (κ2) is 8.52. The quantitative estimate of drug-likeness (QED) is 0.822. The van der Waals surface area contributed by atoms with Gasteiger partial charge in [-0.25, -0.2) is 0 Å². The Hall–Kier alpha value is -1.80. The number of aliphatic hydroxyl groups is 2. The van der Waals surface area contributed by atoms with Crippen LogP contribution in [0.2, 0.25) is 0 Å². The Bertz CT molecular complexity index is 836. The summed E-state index contributed by atoms with van der Waals surface area (Å²) in [7, 11) is 0. The molecule has 0 bridgehead atoms. The first-order valence-corrected chi connectivity index (χ1v) is 9.97. The number of hydrogen-bond acceptors (Lipinski definition) is 6. The van der Waals surface area contributed by atoms with Gasteiger partial charge in [0.05, 0.1) is 13.2 Å². The van der Waals surface area contributed by atoms with Crippen molar-refractivity contribution >= 4 is 0 Å². The lowest BCUT2D eigenvalue weighted by Gasteiger charge is -2.47. The van der Waals surface area contributed by atoms with Gasteiger partial charge >= 0.3 is 0 Å². The number of fused-ring (bicyclic) bond motifs is 1. The summed E-state index contributed by atoms with van der Waals surface area (Å²) in [6, 6.07) is 13.9. The molecule has 4 rings (SSSR count). The van der Waals surface area contributed by atoms with E-state index in [4.69, 9.17) is 18.9 Å². The van der Waals surface area contributed by atoms with E-state index in [1.165, 1.54) is 5.56 Å². The van der Waals surface area contributed by atoms with Crippen molar-refractivity contribution in [2.75, 3.05) is 13.2 Å². The lowest BCUT2D eigenvalue weighted by Crippen LogP contribution is -2.58. The van der Waals surface area contributed by atoms with E-state index in [0.717, 1.165) is 22.3 Å². The first kappa shape index (κ1) is 20.5. The van der Waals surface area contributed by atoms with Crippen LogP contribution in [0.25, 0.3) is 0 Å².